The molecule has 0 aliphatic heterocycles. The zero-order valence-electron chi connectivity index (χ0n) is 8.09. The molecular weight excluding hydrogens is 178 g/mol. The fourth-order valence-corrected chi connectivity index (χ4v) is 1.36. The maximum Gasteiger partial charge on any atom is 0.202 e. The molecule has 0 saturated carbocycles. The molecule has 0 spiro atoms. The van der Waals surface area contributed by atoms with E-state index in [1.807, 2.05) is 30.2 Å². The first kappa shape index (κ1) is 8.80. The highest BCUT2D eigenvalue weighted by Gasteiger charge is 1.99. The average molecular weight is 191 g/mol. The van der Waals surface area contributed by atoms with Gasteiger partial charge in [-0.15, -0.1) is 0 Å². The van der Waals surface area contributed by atoms with Crippen LogP contribution >= 0.6 is 0 Å². The first-order chi connectivity index (χ1) is 6.90. The standard InChI is InChI=1S/C9H13N5/c1-10-9-11-4-6-13(9)7-8-14-5-2-3-12-14/h2-6H,7-8H2,1H3,(H,10,11). The van der Waals surface area contributed by atoms with E-state index in [1.54, 1.807) is 12.4 Å². The molecule has 0 radical (unpaired) electrons. The van der Waals surface area contributed by atoms with Crippen molar-refractivity contribution in [1.29, 1.82) is 0 Å². The first-order valence-electron chi connectivity index (χ1n) is 4.56. The third kappa shape index (κ3) is 1.76. The van der Waals surface area contributed by atoms with Gasteiger partial charge >= 0.3 is 0 Å². The minimum atomic E-state index is 0.859. The van der Waals surface area contributed by atoms with Crippen LogP contribution in [-0.2, 0) is 13.1 Å². The topological polar surface area (TPSA) is 47.7 Å². The van der Waals surface area contributed by atoms with Crippen molar-refractivity contribution < 1.29 is 0 Å². The van der Waals surface area contributed by atoms with Crippen molar-refractivity contribution >= 4 is 5.95 Å². The van der Waals surface area contributed by atoms with Crippen LogP contribution < -0.4 is 5.32 Å². The van der Waals surface area contributed by atoms with Gasteiger partial charge in [0.1, 0.15) is 0 Å². The van der Waals surface area contributed by atoms with Crippen molar-refractivity contribution in [2.75, 3.05) is 12.4 Å². The van der Waals surface area contributed by atoms with E-state index in [9.17, 15) is 0 Å². The van der Waals surface area contributed by atoms with Gasteiger partial charge in [-0.2, -0.15) is 5.10 Å². The Morgan fingerprint density at radius 2 is 2.21 bits per heavy atom. The molecule has 0 fully saturated rings. The van der Waals surface area contributed by atoms with E-state index in [0.717, 1.165) is 19.0 Å². The maximum absolute atomic E-state index is 4.16. The lowest BCUT2D eigenvalue weighted by molar-refractivity contribution is 0.536. The Morgan fingerprint density at radius 1 is 1.29 bits per heavy atom. The van der Waals surface area contributed by atoms with Crippen molar-refractivity contribution in [2.24, 2.45) is 0 Å². The largest absolute Gasteiger partial charge is 0.359 e. The highest BCUT2D eigenvalue weighted by molar-refractivity contribution is 5.23. The number of nitrogens with one attached hydrogen (secondary N) is 1. The number of aromatic nitrogens is 4. The summed E-state index contributed by atoms with van der Waals surface area (Å²) in [6.07, 6.45) is 7.48. The second-order valence-electron chi connectivity index (χ2n) is 2.96. The molecule has 2 aromatic heterocycles. The Bertz CT molecular complexity index is 376. The van der Waals surface area contributed by atoms with Gasteiger partial charge in [0.25, 0.3) is 0 Å². The molecule has 5 nitrogen and oxygen atoms in total. The van der Waals surface area contributed by atoms with Crippen molar-refractivity contribution in [3.05, 3.63) is 30.9 Å². The van der Waals surface area contributed by atoms with E-state index >= 15 is 0 Å². The predicted octanol–water partition coefficient (Wildman–Crippen LogP) is 0.821. The van der Waals surface area contributed by atoms with Crippen LogP contribution in [0.1, 0.15) is 0 Å². The zero-order chi connectivity index (χ0) is 9.80. The van der Waals surface area contributed by atoms with Crippen LogP contribution in [0.3, 0.4) is 0 Å². The number of hydrogen-bond acceptors (Lipinski definition) is 3. The Morgan fingerprint density at radius 3 is 2.93 bits per heavy atom. The highest BCUT2D eigenvalue weighted by Crippen LogP contribution is 2.02. The molecule has 0 unspecified atom stereocenters. The normalized spacial score (nSPS) is 10.4. The zero-order valence-corrected chi connectivity index (χ0v) is 8.09. The number of anilines is 1. The Kier molecular flexibility index (Phi) is 2.48. The maximum atomic E-state index is 4.16. The van der Waals surface area contributed by atoms with Crippen LogP contribution in [0.15, 0.2) is 30.9 Å². The molecule has 0 aliphatic carbocycles. The molecule has 0 amide bonds. The van der Waals surface area contributed by atoms with E-state index < -0.39 is 0 Å². The number of hydrogen-bond donors (Lipinski definition) is 1. The molecule has 14 heavy (non-hydrogen) atoms. The van der Waals surface area contributed by atoms with Gasteiger partial charge in [-0.05, 0) is 6.07 Å². The van der Waals surface area contributed by atoms with Crippen LogP contribution in [0, 0.1) is 0 Å². The molecule has 1 N–H and O–H groups in total. The van der Waals surface area contributed by atoms with Crippen LogP contribution in [0.2, 0.25) is 0 Å². The van der Waals surface area contributed by atoms with Crippen molar-refractivity contribution in [1.82, 2.24) is 19.3 Å². The van der Waals surface area contributed by atoms with E-state index in [0.29, 0.717) is 0 Å². The summed E-state index contributed by atoms with van der Waals surface area (Å²) in [6.45, 7) is 1.73. The van der Waals surface area contributed by atoms with Gasteiger partial charge in [-0.25, -0.2) is 4.98 Å². The van der Waals surface area contributed by atoms with Crippen LogP contribution in [0.25, 0.3) is 0 Å². The Labute approximate surface area is 82.4 Å². The van der Waals surface area contributed by atoms with Gasteiger partial charge in [0.05, 0.1) is 6.54 Å². The second kappa shape index (κ2) is 3.95. The van der Waals surface area contributed by atoms with Gasteiger partial charge in [0, 0.05) is 38.4 Å². The Hall–Kier alpha value is -1.78. The Balaban J connectivity index is 1.98. The van der Waals surface area contributed by atoms with E-state index in [2.05, 4.69) is 20.0 Å². The third-order valence-corrected chi connectivity index (χ3v) is 2.07. The van der Waals surface area contributed by atoms with E-state index in [-0.39, 0.29) is 0 Å². The summed E-state index contributed by atoms with van der Waals surface area (Å²) >= 11 is 0. The molecular formula is C9H13N5. The molecule has 2 aromatic rings. The molecule has 0 saturated heterocycles. The predicted molar refractivity (Wildman–Crippen MR) is 54.0 cm³/mol. The lowest BCUT2D eigenvalue weighted by Gasteiger charge is -2.06. The first-order valence-corrected chi connectivity index (χ1v) is 4.56. The highest BCUT2D eigenvalue weighted by atomic mass is 15.3. The molecule has 0 aliphatic rings. The summed E-state index contributed by atoms with van der Waals surface area (Å²) in [5.41, 5.74) is 0. The van der Waals surface area contributed by atoms with Gasteiger partial charge < -0.3 is 9.88 Å². The lowest BCUT2D eigenvalue weighted by Crippen LogP contribution is -2.09. The van der Waals surface area contributed by atoms with E-state index in [4.69, 9.17) is 0 Å². The van der Waals surface area contributed by atoms with Crippen LogP contribution in [-0.4, -0.2) is 26.4 Å². The number of nitrogens with zero attached hydrogens (tertiary/aromatic N) is 4. The van der Waals surface area contributed by atoms with E-state index in [1.165, 1.54) is 0 Å². The van der Waals surface area contributed by atoms with Crippen LogP contribution in [0.5, 0.6) is 0 Å². The summed E-state index contributed by atoms with van der Waals surface area (Å²) in [7, 11) is 1.87. The van der Waals surface area contributed by atoms with Crippen molar-refractivity contribution in [3.63, 3.8) is 0 Å². The minimum absolute atomic E-state index is 0.859. The summed E-state index contributed by atoms with van der Waals surface area (Å²) in [5, 5.41) is 7.16. The average Bonchev–Trinajstić information content (AvgIpc) is 2.85. The summed E-state index contributed by atoms with van der Waals surface area (Å²) in [4.78, 5) is 4.16. The number of aryl methyl sites for hydroxylation is 2. The quantitative estimate of drug-likeness (QED) is 0.778. The van der Waals surface area contributed by atoms with Gasteiger partial charge in [0.2, 0.25) is 5.95 Å². The summed E-state index contributed by atoms with van der Waals surface area (Å²) < 4.78 is 3.96. The monoisotopic (exact) mass is 191 g/mol. The van der Waals surface area contributed by atoms with Crippen molar-refractivity contribution in [2.45, 2.75) is 13.1 Å². The van der Waals surface area contributed by atoms with Gasteiger partial charge in [-0.3, -0.25) is 4.68 Å². The number of imidazole rings is 1. The molecule has 0 aromatic carbocycles. The fourth-order valence-electron chi connectivity index (χ4n) is 1.36. The van der Waals surface area contributed by atoms with Gasteiger partial charge in [-0.1, -0.05) is 0 Å². The SMILES string of the molecule is CNc1nccn1CCn1cccn1. The molecule has 2 rings (SSSR count). The van der Waals surface area contributed by atoms with Crippen LogP contribution in [0.4, 0.5) is 5.95 Å². The fraction of sp³-hybridized carbons (Fsp3) is 0.333. The minimum Gasteiger partial charge on any atom is -0.359 e. The molecule has 0 bridgehead atoms. The molecule has 0 atom stereocenters. The smallest absolute Gasteiger partial charge is 0.202 e. The molecule has 74 valence electrons. The molecule has 2 heterocycles. The summed E-state index contributed by atoms with van der Waals surface area (Å²) in [5.74, 6) is 0.886. The third-order valence-electron chi connectivity index (χ3n) is 2.07. The summed E-state index contributed by atoms with van der Waals surface area (Å²) in [6, 6.07) is 1.92. The lowest BCUT2D eigenvalue weighted by atomic mass is 10.6. The second-order valence-corrected chi connectivity index (χ2v) is 2.96. The van der Waals surface area contributed by atoms with Crippen molar-refractivity contribution in [3.8, 4) is 0 Å². The molecule has 5 heteroatoms. The number of rotatable bonds is 4. The van der Waals surface area contributed by atoms with Gasteiger partial charge in [0.15, 0.2) is 0 Å².